The molecular weight excluding hydrogens is 981 g/mol. The van der Waals surface area contributed by atoms with Gasteiger partial charge in [-0.2, -0.15) is 10.5 Å². The van der Waals surface area contributed by atoms with E-state index in [2.05, 4.69) is 16.9 Å². The molecule has 13 fully saturated rings. The molecule has 13 aliphatic rings. The Balaban J connectivity index is 0.000000145. The van der Waals surface area contributed by atoms with Gasteiger partial charge in [-0.05, 0) is 194 Å². The fourth-order valence-electron chi connectivity index (χ4n) is 16.1. The molecule has 1 aliphatic heterocycles. The summed E-state index contributed by atoms with van der Waals surface area (Å²) in [6.45, 7) is 23.0. The second kappa shape index (κ2) is 21.6. The Hall–Kier alpha value is -3.79. The van der Waals surface area contributed by atoms with Gasteiger partial charge in [-0.15, -0.1) is 0 Å². The van der Waals surface area contributed by atoms with Crippen molar-refractivity contribution in [3.8, 4) is 12.1 Å². The van der Waals surface area contributed by atoms with E-state index in [0.29, 0.717) is 56.3 Å². The highest BCUT2D eigenvalue weighted by Crippen LogP contribution is 2.64. The van der Waals surface area contributed by atoms with Gasteiger partial charge in [-0.3, -0.25) is 24.0 Å². The number of methoxy groups -OCH3 is 1. The molecule has 0 aromatic rings. The molecule has 15 nitrogen and oxygen atoms in total. The first-order valence-corrected chi connectivity index (χ1v) is 29.6. The van der Waals surface area contributed by atoms with E-state index in [1.807, 2.05) is 83.1 Å². The average Bonchev–Trinajstić information content (AvgIpc) is 4.23. The third-order valence-electron chi connectivity index (χ3n) is 21.4. The van der Waals surface area contributed by atoms with Crippen molar-refractivity contribution in [1.82, 2.24) is 0 Å². The Labute approximate surface area is 460 Å². The molecule has 15 heteroatoms. The molecule has 12 atom stereocenters. The van der Waals surface area contributed by atoms with Crippen LogP contribution in [0.4, 0.5) is 0 Å². The van der Waals surface area contributed by atoms with E-state index in [1.54, 1.807) is 0 Å². The summed E-state index contributed by atoms with van der Waals surface area (Å²) in [7, 11) is 1.42. The molecule has 12 unspecified atom stereocenters. The van der Waals surface area contributed by atoms with Crippen molar-refractivity contribution in [3.05, 3.63) is 0 Å². The number of esters is 5. The number of carbonyl (C=O) groups is 5. The van der Waals surface area contributed by atoms with Crippen LogP contribution < -0.4 is 0 Å². The summed E-state index contributed by atoms with van der Waals surface area (Å²) in [6, 6.07) is 4.55. The number of nitrogens with zero attached hydrogens (tertiary/aromatic N) is 2. The maximum absolute atomic E-state index is 12.4. The van der Waals surface area contributed by atoms with E-state index < -0.39 is 56.1 Å². The van der Waals surface area contributed by atoms with Gasteiger partial charge in [0.2, 0.25) is 0 Å². The lowest BCUT2D eigenvalue weighted by atomic mass is 9.50. The van der Waals surface area contributed by atoms with Crippen LogP contribution in [0, 0.1) is 97.1 Å². The molecule has 12 aliphatic carbocycles. The van der Waals surface area contributed by atoms with Gasteiger partial charge in [0.1, 0.15) is 23.4 Å². The molecule has 1 saturated heterocycles. The number of fused-ring (bicyclic) bond motifs is 3. The van der Waals surface area contributed by atoms with Crippen molar-refractivity contribution in [3.63, 3.8) is 0 Å². The molecule has 13 rings (SSSR count). The molecule has 12 bridgehead atoms. The lowest BCUT2D eigenvalue weighted by Crippen LogP contribution is -2.67. The van der Waals surface area contributed by atoms with Crippen LogP contribution in [0.5, 0.6) is 0 Å². The summed E-state index contributed by atoms with van der Waals surface area (Å²) in [5.41, 5.74) is -5.98. The Morgan fingerprint density at radius 2 is 1.05 bits per heavy atom. The number of hydrogen-bond donors (Lipinski definition) is 3. The summed E-state index contributed by atoms with van der Waals surface area (Å²) in [4.78, 5) is 59.8. The van der Waals surface area contributed by atoms with Crippen LogP contribution in [0.2, 0.25) is 0 Å². The predicted molar refractivity (Wildman–Crippen MR) is 285 cm³/mol. The van der Waals surface area contributed by atoms with Crippen LogP contribution in [0.25, 0.3) is 0 Å². The zero-order valence-electron chi connectivity index (χ0n) is 49.1. The standard InChI is InChI=1S/C16H26O4.C16H26O3.C15H19NO4.C8H11N.C7H14O2/c1-4-13(2,3)12(17)20-16-7-11-5-14(18,9-16)8-15(19,6-11)10-16;1-4-14(2,3)13(17)19-16-8-11-5-12(9-16)7-15(18,6-11)10-16;1-4-14(2,3)12(17)19-10-8-5-9-11(10)20-13(18)15(9,6-8)7-16;9-5-8-4-6-1-2-7(8)3-6;1-5-7(2,3)6(8)9-4/h11,18-19H,4-10H2,1-3H3;11-12,18H,4-10H2,1-3H3;8-11H,4-6H2,1-3H3;6-8H,1-4H2;5H2,1-4H3. The second-order valence-corrected chi connectivity index (χ2v) is 29.3. The molecule has 432 valence electrons. The van der Waals surface area contributed by atoms with Gasteiger partial charge in [-0.1, -0.05) is 34.1 Å². The minimum atomic E-state index is -0.974. The van der Waals surface area contributed by atoms with E-state index in [-0.39, 0.29) is 58.8 Å². The number of nitriles is 2. The molecule has 0 spiro atoms. The highest BCUT2D eigenvalue weighted by Gasteiger charge is 2.72. The van der Waals surface area contributed by atoms with Crippen molar-refractivity contribution < 1.29 is 63.0 Å². The summed E-state index contributed by atoms with van der Waals surface area (Å²) in [6.07, 6.45) is 18.1. The molecule has 0 aromatic heterocycles. The lowest BCUT2D eigenvalue weighted by Gasteiger charge is -2.62. The predicted octanol–water partition coefficient (Wildman–Crippen LogP) is 10.6. The summed E-state index contributed by atoms with van der Waals surface area (Å²) < 4.78 is 27.4. The highest BCUT2D eigenvalue weighted by atomic mass is 16.6. The van der Waals surface area contributed by atoms with Crippen LogP contribution in [-0.4, -0.2) is 92.5 Å². The largest absolute Gasteiger partial charge is 0.469 e. The third kappa shape index (κ3) is 12.3. The van der Waals surface area contributed by atoms with Gasteiger partial charge in [0.15, 0.2) is 5.41 Å². The highest BCUT2D eigenvalue weighted by molar-refractivity contribution is 5.85. The van der Waals surface area contributed by atoms with E-state index in [9.17, 15) is 44.6 Å². The maximum atomic E-state index is 12.4. The van der Waals surface area contributed by atoms with E-state index >= 15 is 0 Å². The van der Waals surface area contributed by atoms with Crippen molar-refractivity contribution in [2.75, 3.05) is 7.11 Å². The smallest absolute Gasteiger partial charge is 0.327 e. The first-order chi connectivity index (χ1) is 35.6. The normalized spacial score (nSPS) is 40.6. The molecular formula is C62H96N2O13. The van der Waals surface area contributed by atoms with Crippen molar-refractivity contribution in [2.45, 2.75) is 265 Å². The number of ether oxygens (including phenoxy) is 5. The topological polar surface area (TPSA) is 240 Å². The molecule has 0 aromatic carbocycles. The van der Waals surface area contributed by atoms with E-state index in [0.717, 1.165) is 82.5 Å². The van der Waals surface area contributed by atoms with E-state index in [1.165, 1.54) is 39.2 Å². The van der Waals surface area contributed by atoms with Gasteiger partial charge in [-0.25, -0.2) is 0 Å². The Morgan fingerprint density at radius 3 is 1.47 bits per heavy atom. The zero-order chi connectivity index (χ0) is 57.2. The Bertz CT molecular complexity index is 2290. The van der Waals surface area contributed by atoms with Crippen LogP contribution in [0.15, 0.2) is 0 Å². The first kappa shape index (κ1) is 60.8. The molecule has 77 heavy (non-hydrogen) atoms. The molecule has 1 heterocycles. The molecule has 3 N–H and O–H groups in total. The SMILES string of the molecule is CCC(C)(C)C(=O)OC.CCC(C)(C)C(=O)OC12CC3CC(CC(O)(C3)C1)C2.CCC(C)(C)C(=O)OC12CC3CC(O)(CC(O)(C3)C1)C2.CCC(C)(C)C(=O)OC1C2CC3C1OC(=O)C3(C#N)C2.N#CC1CC2CCC1C2. The Kier molecular flexibility index (Phi) is 17.1. The quantitative estimate of drug-likeness (QED) is 0.129. The molecule has 0 amide bonds. The number of carbonyl (C=O) groups excluding carboxylic acids is 5. The van der Waals surface area contributed by atoms with E-state index in [4.69, 9.17) is 24.2 Å². The average molecular weight is 1080 g/mol. The summed E-state index contributed by atoms with van der Waals surface area (Å²) >= 11 is 0. The fourth-order valence-corrected chi connectivity index (χ4v) is 16.1. The van der Waals surface area contributed by atoms with Crippen LogP contribution in [0.3, 0.4) is 0 Å². The van der Waals surface area contributed by atoms with Gasteiger partial charge >= 0.3 is 29.8 Å². The first-order valence-electron chi connectivity index (χ1n) is 29.6. The third-order valence-corrected chi connectivity index (χ3v) is 21.4. The second-order valence-electron chi connectivity index (χ2n) is 29.3. The number of rotatable bonds is 11. The van der Waals surface area contributed by atoms with Gasteiger partial charge in [0.05, 0.1) is 57.7 Å². The van der Waals surface area contributed by atoms with Gasteiger partial charge < -0.3 is 39.0 Å². The van der Waals surface area contributed by atoms with Crippen molar-refractivity contribution in [2.24, 2.45) is 74.4 Å². The minimum Gasteiger partial charge on any atom is -0.469 e. The minimum absolute atomic E-state index is 0.0766. The summed E-state index contributed by atoms with van der Waals surface area (Å²) in [5.74, 6) is 2.43. The monoisotopic (exact) mass is 1080 g/mol. The van der Waals surface area contributed by atoms with Crippen molar-refractivity contribution >= 4 is 29.8 Å². The molecule has 0 radical (unpaired) electrons. The number of hydrogen-bond acceptors (Lipinski definition) is 15. The Morgan fingerprint density at radius 1 is 0.571 bits per heavy atom. The fraction of sp³-hybridized carbons (Fsp3) is 0.887. The molecule has 12 saturated carbocycles. The maximum Gasteiger partial charge on any atom is 0.327 e. The number of aliphatic hydroxyl groups is 3. The summed E-state index contributed by atoms with van der Waals surface area (Å²) in [5, 5.41) is 49.9. The van der Waals surface area contributed by atoms with Gasteiger partial charge in [0, 0.05) is 43.4 Å². The van der Waals surface area contributed by atoms with Crippen LogP contribution >= 0.6 is 0 Å². The van der Waals surface area contributed by atoms with Crippen LogP contribution in [0.1, 0.15) is 224 Å². The van der Waals surface area contributed by atoms with Crippen molar-refractivity contribution in [1.29, 1.82) is 10.5 Å². The van der Waals surface area contributed by atoms with Crippen LogP contribution in [-0.2, 0) is 47.7 Å². The van der Waals surface area contributed by atoms with Gasteiger partial charge in [0.25, 0.3) is 0 Å². The zero-order valence-corrected chi connectivity index (χ0v) is 49.1. The lowest BCUT2D eigenvalue weighted by molar-refractivity contribution is -0.264.